The summed E-state index contributed by atoms with van der Waals surface area (Å²) in [4.78, 5) is 4.32. The average Bonchev–Trinajstić information content (AvgIpc) is 2.53. The van der Waals surface area contributed by atoms with Crippen molar-refractivity contribution in [1.82, 2.24) is 15.0 Å². The number of halogens is 2. The molecule has 0 fully saturated rings. The van der Waals surface area contributed by atoms with E-state index >= 15 is 0 Å². The van der Waals surface area contributed by atoms with Crippen LogP contribution in [0.1, 0.15) is 33.1 Å². The minimum atomic E-state index is -3.51. The summed E-state index contributed by atoms with van der Waals surface area (Å²) in [7, 11) is -3.51. The van der Waals surface area contributed by atoms with E-state index in [9.17, 15) is 8.42 Å². The van der Waals surface area contributed by atoms with Crippen molar-refractivity contribution < 1.29 is 8.42 Å². The van der Waals surface area contributed by atoms with Crippen LogP contribution in [0, 0.1) is 0 Å². The van der Waals surface area contributed by atoms with Gasteiger partial charge < -0.3 is 5.32 Å². The molecule has 0 saturated heterocycles. The molecule has 1 heterocycles. The number of benzene rings is 1. The highest BCUT2D eigenvalue weighted by atomic mass is 35.5. The first-order valence-electron chi connectivity index (χ1n) is 8.10. The first kappa shape index (κ1) is 24.1. The minimum Gasteiger partial charge on any atom is -0.315 e. The van der Waals surface area contributed by atoms with Crippen LogP contribution in [0.3, 0.4) is 0 Å². The van der Waals surface area contributed by atoms with Gasteiger partial charge in [-0.15, -0.1) is 24.8 Å². The summed E-state index contributed by atoms with van der Waals surface area (Å²) in [6.07, 6.45) is 6.88. The van der Waals surface area contributed by atoms with Crippen molar-refractivity contribution in [3.05, 3.63) is 36.7 Å². The first-order valence-corrected chi connectivity index (χ1v) is 9.58. The van der Waals surface area contributed by atoms with Crippen LogP contribution in [-0.2, 0) is 10.0 Å². The molecule has 8 heteroatoms. The summed E-state index contributed by atoms with van der Waals surface area (Å²) in [6, 6.07) is 6.74. The molecule has 1 atom stereocenters. The van der Waals surface area contributed by atoms with Crippen LogP contribution in [0.15, 0.2) is 41.6 Å². The molecule has 1 aromatic carbocycles. The molecule has 2 N–H and O–H groups in total. The summed E-state index contributed by atoms with van der Waals surface area (Å²) in [5.41, 5.74) is 0. The topological polar surface area (TPSA) is 71.1 Å². The van der Waals surface area contributed by atoms with Crippen LogP contribution >= 0.6 is 24.8 Å². The van der Waals surface area contributed by atoms with Gasteiger partial charge in [0.1, 0.15) is 0 Å². The van der Waals surface area contributed by atoms with Gasteiger partial charge in [0.25, 0.3) is 0 Å². The third-order valence-electron chi connectivity index (χ3n) is 3.69. The zero-order chi connectivity index (χ0) is 16.7. The number of hydrogen-bond donors (Lipinski definition) is 2. The van der Waals surface area contributed by atoms with E-state index in [0.717, 1.165) is 23.7 Å². The zero-order valence-electron chi connectivity index (χ0n) is 14.6. The molecule has 25 heavy (non-hydrogen) atoms. The number of rotatable bonds is 9. The molecule has 2 aromatic rings. The molecule has 0 bridgehead atoms. The van der Waals surface area contributed by atoms with Gasteiger partial charge >= 0.3 is 0 Å². The second kappa shape index (κ2) is 11.6. The highest BCUT2D eigenvalue weighted by Gasteiger charge is 2.17. The molecule has 0 spiro atoms. The normalized spacial score (nSPS) is 12.2. The van der Waals surface area contributed by atoms with Gasteiger partial charge in [-0.3, -0.25) is 4.98 Å². The van der Waals surface area contributed by atoms with E-state index in [1.807, 2.05) is 13.0 Å². The lowest BCUT2D eigenvalue weighted by atomic mass is 10.2. The third-order valence-corrected chi connectivity index (χ3v) is 5.27. The molecule has 0 amide bonds. The average molecular weight is 408 g/mol. The second-order valence-corrected chi connectivity index (χ2v) is 7.53. The summed E-state index contributed by atoms with van der Waals surface area (Å²) < 4.78 is 27.7. The number of hydrogen-bond acceptors (Lipinski definition) is 4. The predicted octanol–water partition coefficient (Wildman–Crippen LogP) is 3.53. The summed E-state index contributed by atoms with van der Waals surface area (Å²) >= 11 is 0. The van der Waals surface area contributed by atoms with Crippen molar-refractivity contribution >= 4 is 45.6 Å². The monoisotopic (exact) mass is 407 g/mol. The Labute approximate surface area is 162 Å². The zero-order valence-corrected chi connectivity index (χ0v) is 17.0. The van der Waals surface area contributed by atoms with Crippen LogP contribution in [0.2, 0.25) is 0 Å². The van der Waals surface area contributed by atoms with Gasteiger partial charge in [-0.05, 0) is 43.5 Å². The van der Waals surface area contributed by atoms with E-state index in [1.54, 1.807) is 30.6 Å². The molecular weight excluding hydrogens is 381 g/mol. The molecule has 142 valence electrons. The quantitative estimate of drug-likeness (QED) is 0.623. The lowest BCUT2D eigenvalue weighted by molar-refractivity contribution is 0.528. The van der Waals surface area contributed by atoms with E-state index in [1.165, 1.54) is 12.8 Å². The Kier molecular flexibility index (Phi) is 11.2. The molecule has 0 radical (unpaired) electrons. The molecule has 1 unspecified atom stereocenters. The Balaban J connectivity index is 0.00000288. The number of nitrogens with zero attached hydrogens (tertiary/aromatic N) is 1. The van der Waals surface area contributed by atoms with Crippen molar-refractivity contribution in [2.45, 2.75) is 44.0 Å². The summed E-state index contributed by atoms with van der Waals surface area (Å²) in [5.74, 6) is 0. The molecule has 0 saturated carbocycles. The van der Waals surface area contributed by atoms with Gasteiger partial charge in [0.05, 0.1) is 4.90 Å². The van der Waals surface area contributed by atoms with Crippen LogP contribution in [-0.4, -0.2) is 32.5 Å². The van der Waals surface area contributed by atoms with Crippen molar-refractivity contribution in [2.75, 3.05) is 13.1 Å². The van der Waals surface area contributed by atoms with Crippen molar-refractivity contribution in [3.63, 3.8) is 0 Å². The van der Waals surface area contributed by atoms with E-state index in [-0.39, 0.29) is 35.8 Å². The number of aromatic nitrogens is 1. The Bertz CT molecular complexity index is 742. The van der Waals surface area contributed by atoms with Gasteiger partial charge in [0, 0.05) is 30.4 Å². The fraction of sp³-hybridized carbons (Fsp3) is 0.471. The van der Waals surface area contributed by atoms with E-state index < -0.39 is 10.0 Å². The Morgan fingerprint density at radius 1 is 1.12 bits per heavy atom. The van der Waals surface area contributed by atoms with E-state index in [2.05, 4.69) is 21.9 Å². The minimum absolute atomic E-state index is 0. The highest BCUT2D eigenvalue weighted by molar-refractivity contribution is 7.89. The fourth-order valence-corrected chi connectivity index (χ4v) is 3.70. The van der Waals surface area contributed by atoms with Crippen LogP contribution in [0.4, 0.5) is 0 Å². The fourth-order valence-electron chi connectivity index (χ4n) is 2.42. The molecule has 0 aliphatic heterocycles. The van der Waals surface area contributed by atoms with Gasteiger partial charge in [-0.1, -0.05) is 25.8 Å². The number of fused-ring (bicyclic) bond motifs is 1. The number of pyridine rings is 1. The molecule has 0 aliphatic rings. The Morgan fingerprint density at radius 2 is 1.88 bits per heavy atom. The predicted molar refractivity (Wildman–Crippen MR) is 108 cm³/mol. The smallest absolute Gasteiger partial charge is 0.240 e. The highest BCUT2D eigenvalue weighted by Crippen LogP contribution is 2.18. The van der Waals surface area contributed by atoms with Gasteiger partial charge in [-0.2, -0.15) is 0 Å². The molecule has 5 nitrogen and oxygen atoms in total. The molecular formula is C17H27Cl2N3O2S. The van der Waals surface area contributed by atoms with Crippen molar-refractivity contribution in [1.29, 1.82) is 0 Å². The molecule has 1 aromatic heterocycles. The maximum atomic E-state index is 12.5. The second-order valence-electron chi connectivity index (χ2n) is 5.82. The summed E-state index contributed by atoms with van der Waals surface area (Å²) in [6.45, 7) is 5.58. The standard InChI is InChI=1S/C17H25N3O2S.2ClH/c1-3-4-5-9-18-12-14(2)20-23(21,22)17-7-6-16-13-19-10-8-15(16)11-17;;/h6-8,10-11,13-14,18,20H,3-5,9,12H2,1-2H3;2*1H. The lowest BCUT2D eigenvalue weighted by Crippen LogP contribution is -2.40. The first-order chi connectivity index (χ1) is 11.0. The van der Waals surface area contributed by atoms with E-state index in [4.69, 9.17) is 0 Å². The van der Waals surface area contributed by atoms with Crippen LogP contribution < -0.4 is 10.0 Å². The number of unbranched alkanes of at least 4 members (excludes halogenated alkanes) is 2. The van der Waals surface area contributed by atoms with Crippen LogP contribution in [0.5, 0.6) is 0 Å². The van der Waals surface area contributed by atoms with Gasteiger partial charge in [0.15, 0.2) is 0 Å². The maximum Gasteiger partial charge on any atom is 0.240 e. The summed E-state index contributed by atoms with van der Waals surface area (Å²) in [5, 5.41) is 5.09. The number of sulfonamides is 1. The molecule has 0 aliphatic carbocycles. The third kappa shape index (κ3) is 7.46. The lowest BCUT2D eigenvalue weighted by Gasteiger charge is -2.15. The maximum absolute atomic E-state index is 12.5. The van der Waals surface area contributed by atoms with Crippen LogP contribution in [0.25, 0.3) is 10.8 Å². The van der Waals surface area contributed by atoms with E-state index in [0.29, 0.717) is 6.54 Å². The van der Waals surface area contributed by atoms with Crippen molar-refractivity contribution in [3.8, 4) is 0 Å². The molecule has 2 rings (SSSR count). The SMILES string of the molecule is CCCCCNCC(C)NS(=O)(=O)c1ccc2cnccc2c1.Cl.Cl. The van der Waals surface area contributed by atoms with Gasteiger partial charge in [0.2, 0.25) is 10.0 Å². The Morgan fingerprint density at radius 3 is 2.60 bits per heavy atom. The van der Waals surface area contributed by atoms with Crippen molar-refractivity contribution in [2.24, 2.45) is 0 Å². The Hall–Kier alpha value is -0.920. The van der Waals surface area contributed by atoms with Gasteiger partial charge in [-0.25, -0.2) is 13.1 Å². The number of nitrogens with one attached hydrogen (secondary N) is 2. The largest absolute Gasteiger partial charge is 0.315 e.